The van der Waals surface area contributed by atoms with E-state index in [1.54, 1.807) is 28.2 Å². The number of halogens is 1. The van der Waals surface area contributed by atoms with Crippen LogP contribution in [0.5, 0.6) is 0 Å². The number of aromatic carboxylic acids is 1. The molecular formula is C11H10BrNO2S. The Morgan fingerprint density at radius 2 is 2.38 bits per heavy atom. The molecule has 2 heterocycles. The summed E-state index contributed by atoms with van der Waals surface area (Å²) in [5, 5.41) is 11.1. The average Bonchev–Trinajstić information content (AvgIpc) is 2.75. The van der Waals surface area contributed by atoms with Crippen LogP contribution in [0.2, 0.25) is 0 Å². The molecule has 2 aromatic rings. The number of aromatic nitrogens is 1. The van der Waals surface area contributed by atoms with Crippen LogP contribution in [0.4, 0.5) is 0 Å². The molecule has 0 radical (unpaired) electrons. The van der Waals surface area contributed by atoms with E-state index < -0.39 is 5.97 Å². The summed E-state index contributed by atoms with van der Waals surface area (Å²) in [4.78, 5) is 12.2. The van der Waals surface area contributed by atoms with Crippen LogP contribution in [0.3, 0.4) is 0 Å². The van der Waals surface area contributed by atoms with Gasteiger partial charge in [0.1, 0.15) is 5.69 Å². The third-order valence-corrected chi connectivity index (χ3v) is 3.81. The van der Waals surface area contributed by atoms with Gasteiger partial charge in [0.25, 0.3) is 0 Å². The summed E-state index contributed by atoms with van der Waals surface area (Å²) in [5.74, 6) is -0.903. The van der Waals surface area contributed by atoms with Crippen molar-refractivity contribution in [3.8, 4) is 0 Å². The van der Waals surface area contributed by atoms with Gasteiger partial charge in [0.05, 0.1) is 6.54 Å². The van der Waals surface area contributed by atoms with Crippen molar-refractivity contribution in [1.82, 2.24) is 4.57 Å². The number of hydrogen-bond donors (Lipinski definition) is 1. The van der Waals surface area contributed by atoms with E-state index in [0.717, 1.165) is 4.47 Å². The Balaban J connectivity index is 2.34. The van der Waals surface area contributed by atoms with Crippen LogP contribution in [0, 0.1) is 6.92 Å². The summed E-state index contributed by atoms with van der Waals surface area (Å²) < 4.78 is 2.53. The number of carboxylic acids is 1. The minimum absolute atomic E-state index is 0.305. The fourth-order valence-corrected chi connectivity index (χ4v) is 2.87. The lowest BCUT2D eigenvalue weighted by Crippen LogP contribution is -2.08. The highest BCUT2D eigenvalue weighted by molar-refractivity contribution is 9.10. The number of nitrogens with zero attached hydrogens (tertiary/aromatic N) is 1. The molecule has 0 bridgehead atoms. The van der Waals surface area contributed by atoms with Crippen molar-refractivity contribution in [3.05, 3.63) is 44.3 Å². The Morgan fingerprint density at radius 3 is 2.94 bits per heavy atom. The first-order valence-electron chi connectivity index (χ1n) is 4.70. The summed E-state index contributed by atoms with van der Waals surface area (Å²) in [5.41, 5.74) is 1.51. The standard InChI is InChI=1S/C11H10BrNO2S/c1-7-2-3-16-10(7)6-13-5-8(12)4-9(13)11(14)15/h2-5H,6H2,1H3,(H,14,15). The van der Waals surface area contributed by atoms with Crippen molar-refractivity contribution in [2.24, 2.45) is 0 Å². The third-order valence-electron chi connectivity index (χ3n) is 2.36. The monoisotopic (exact) mass is 299 g/mol. The minimum Gasteiger partial charge on any atom is -0.477 e. The maximum atomic E-state index is 11.0. The van der Waals surface area contributed by atoms with Gasteiger partial charge < -0.3 is 9.67 Å². The predicted molar refractivity (Wildman–Crippen MR) is 67.2 cm³/mol. The first kappa shape index (κ1) is 11.4. The summed E-state index contributed by atoms with van der Waals surface area (Å²) in [6.07, 6.45) is 1.79. The first-order chi connectivity index (χ1) is 7.58. The number of hydrogen-bond acceptors (Lipinski definition) is 2. The van der Waals surface area contributed by atoms with Crippen LogP contribution >= 0.6 is 27.3 Å². The number of carbonyl (C=O) groups is 1. The fraction of sp³-hybridized carbons (Fsp3) is 0.182. The second-order valence-corrected chi connectivity index (χ2v) is 5.42. The number of rotatable bonds is 3. The molecule has 0 saturated carbocycles. The molecule has 2 rings (SSSR count). The Morgan fingerprint density at radius 1 is 1.62 bits per heavy atom. The Kier molecular flexibility index (Phi) is 3.16. The minimum atomic E-state index is -0.903. The molecule has 0 aromatic carbocycles. The summed E-state index contributed by atoms with van der Waals surface area (Å²) in [6, 6.07) is 3.66. The molecule has 84 valence electrons. The lowest BCUT2D eigenvalue weighted by Gasteiger charge is -2.05. The fourth-order valence-electron chi connectivity index (χ4n) is 1.51. The van der Waals surface area contributed by atoms with Gasteiger partial charge in [-0.25, -0.2) is 4.79 Å². The maximum absolute atomic E-state index is 11.0. The SMILES string of the molecule is Cc1ccsc1Cn1cc(Br)cc1C(=O)O. The van der Waals surface area contributed by atoms with Crippen LogP contribution in [0.1, 0.15) is 20.9 Å². The number of thiophene rings is 1. The highest BCUT2D eigenvalue weighted by Gasteiger charge is 2.12. The van der Waals surface area contributed by atoms with Crippen LogP contribution < -0.4 is 0 Å². The van der Waals surface area contributed by atoms with E-state index >= 15 is 0 Å². The van der Waals surface area contributed by atoms with Crippen LogP contribution in [-0.2, 0) is 6.54 Å². The van der Waals surface area contributed by atoms with Crippen molar-refractivity contribution in [2.45, 2.75) is 13.5 Å². The zero-order valence-corrected chi connectivity index (χ0v) is 11.0. The van der Waals surface area contributed by atoms with Gasteiger partial charge in [-0.3, -0.25) is 0 Å². The van der Waals surface area contributed by atoms with Gasteiger partial charge in [-0.05, 0) is 45.9 Å². The van der Waals surface area contributed by atoms with E-state index in [0.29, 0.717) is 12.2 Å². The van der Waals surface area contributed by atoms with Crippen LogP contribution in [-0.4, -0.2) is 15.6 Å². The zero-order valence-electron chi connectivity index (χ0n) is 8.61. The lowest BCUT2D eigenvalue weighted by molar-refractivity contribution is 0.0685. The Labute approximate surface area is 105 Å². The van der Waals surface area contributed by atoms with E-state index in [-0.39, 0.29) is 0 Å². The van der Waals surface area contributed by atoms with Crippen molar-refractivity contribution < 1.29 is 9.90 Å². The normalized spacial score (nSPS) is 10.6. The summed E-state index contributed by atoms with van der Waals surface area (Å²) in [6.45, 7) is 2.64. The maximum Gasteiger partial charge on any atom is 0.352 e. The van der Waals surface area contributed by atoms with Gasteiger partial charge in [-0.15, -0.1) is 11.3 Å². The van der Waals surface area contributed by atoms with Gasteiger partial charge in [0.15, 0.2) is 0 Å². The smallest absolute Gasteiger partial charge is 0.352 e. The molecule has 2 aromatic heterocycles. The molecule has 0 saturated heterocycles. The lowest BCUT2D eigenvalue weighted by atomic mass is 10.3. The van der Waals surface area contributed by atoms with E-state index in [1.165, 1.54) is 10.4 Å². The average molecular weight is 300 g/mol. The van der Waals surface area contributed by atoms with E-state index in [1.807, 2.05) is 18.4 Å². The molecule has 0 aliphatic carbocycles. The molecule has 0 spiro atoms. The molecule has 0 atom stereocenters. The van der Waals surface area contributed by atoms with E-state index in [2.05, 4.69) is 15.9 Å². The third kappa shape index (κ3) is 2.20. The van der Waals surface area contributed by atoms with Crippen molar-refractivity contribution >= 4 is 33.2 Å². The first-order valence-corrected chi connectivity index (χ1v) is 6.37. The highest BCUT2D eigenvalue weighted by Crippen LogP contribution is 2.21. The topological polar surface area (TPSA) is 42.2 Å². The van der Waals surface area contributed by atoms with Crippen molar-refractivity contribution in [2.75, 3.05) is 0 Å². The molecule has 0 fully saturated rings. The van der Waals surface area contributed by atoms with Gasteiger partial charge in [-0.2, -0.15) is 0 Å². The summed E-state index contributed by atoms with van der Waals surface area (Å²) >= 11 is 4.94. The second kappa shape index (κ2) is 4.43. The molecule has 5 heteroatoms. The van der Waals surface area contributed by atoms with Gasteiger partial charge in [0, 0.05) is 15.5 Å². The molecule has 0 aliphatic heterocycles. The van der Waals surface area contributed by atoms with E-state index in [9.17, 15) is 4.79 Å². The molecule has 0 aliphatic rings. The molecule has 3 nitrogen and oxygen atoms in total. The molecule has 0 amide bonds. The molecule has 1 N–H and O–H groups in total. The molecule has 16 heavy (non-hydrogen) atoms. The van der Waals surface area contributed by atoms with E-state index in [4.69, 9.17) is 5.11 Å². The van der Waals surface area contributed by atoms with Gasteiger partial charge >= 0.3 is 5.97 Å². The predicted octanol–water partition coefficient (Wildman–Crippen LogP) is 3.37. The van der Waals surface area contributed by atoms with Crippen molar-refractivity contribution in [1.29, 1.82) is 0 Å². The zero-order chi connectivity index (χ0) is 11.7. The largest absolute Gasteiger partial charge is 0.477 e. The second-order valence-electron chi connectivity index (χ2n) is 3.50. The Hall–Kier alpha value is -1.07. The Bertz CT molecular complexity index is 530. The number of aryl methyl sites for hydroxylation is 1. The quantitative estimate of drug-likeness (QED) is 0.944. The van der Waals surface area contributed by atoms with Crippen LogP contribution in [0.25, 0.3) is 0 Å². The van der Waals surface area contributed by atoms with Gasteiger partial charge in [-0.1, -0.05) is 0 Å². The van der Waals surface area contributed by atoms with Gasteiger partial charge in [0.2, 0.25) is 0 Å². The highest BCUT2D eigenvalue weighted by atomic mass is 79.9. The van der Waals surface area contributed by atoms with Crippen molar-refractivity contribution in [3.63, 3.8) is 0 Å². The molecule has 0 unspecified atom stereocenters. The molecular weight excluding hydrogens is 290 g/mol. The number of carboxylic acid groups (broad SMARTS) is 1. The summed E-state index contributed by atoms with van der Waals surface area (Å²) in [7, 11) is 0. The van der Waals surface area contributed by atoms with Crippen LogP contribution in [0.15, 0.2) is 28.2 Å².